The van der Waals surface area contributed by atoms with Crippen LogP contribution in [0.2, 0.25) is 0 Å². The number of alkyl halides is 3. The molecule has 0 atom stereocenters. The molecule has 3 aromatic rings. The molecule has 0 fully saturated rings. The number of carbonyl (C=O) groups excluding carboxylic acids is 1. The highest BCUT2D eigenvalue weighted by atomic mass is 35.5. The van der Waals surface area contributed by atoms with Crippen LogP contribution in [-0.4, -0.2) is 16.1 Å². The zero-order chi connectivity index (χ0) is 15.0. The van der Waals surface area contributed by atoms with E-state index in [0.717, 1.165) is 0 Å². The van der Waals surface area contributed by atoms with Crippen molar-refractivity contribution in [2.24, 2.45) is 0 Å². The van der Waals surface area contributed by atoms with Crippen LogP contribution in [0.25, 0.3) is 22.2 Å². The number of H-pyrrole nitrogens is 1. The number of aromatic amines is 1. The topological polar surface area (TPSA) is 32.9 Å². The van der Waals surface area contributed by atoms with E-state index in [1.165, 1.54) is 0 Å². The summed E-state index contributed by atoms with van der Waals surface area (Å²) in [5.74, 6) is -1.40. The first kappa shape index (κ1) is 13.8. The summed E-state index contributed by atoms with van der Waals surface area (Å²) >= 11 is 4.94. The Morgan fingerprint density at radius 2 is 1.62 bits per heavy atom. The fourth-order valence-corrected chi connectivity index (χ4v) is 2.44. The highest BCUT2D eigenvalue weighted by molar-refractivity contribution is 6.37. The number of halogens is 3. The molecule has 0 spiro atoms. The number of benzene rings is 2. The molecule has 0 radical (unpaired) electrons. The predicted molar refractivity (Wildman–Crippen MR) is 78.9 cm³/mol. The third-order valence-corrected chi connectivity index (χ3v) is 3.42. The van der Waals surface area contributed by atoms with Crippen molar-refractivity contribution in [3.63, 3.8) is 0 Å². The number of fused-ring (bicyclic) bond motifs is 1. The molecule has 2 aromatic carbocycles. The molecule has 0 aliphatic heterocycles. The Morgan fingerprint density at radius 3 is 2.29 bits per heavy atom. The fraction of sp³-hybridized carbons (Fsp3) is 0.0625. The standard InChI is InChI=1S/C16H10ClF2NO/c17-16(18,19)15(21)13-11-8-4-5-9-12(11)20-14(13)10-6-2-1-3-7-10/h1-9,20H. The van der Waals surface area contributed by atoms with Gasteiger partial charge in [0.05, 0.1) is 11.3 Å². The van der Waals surface area contributed by atoms with Crippen molar-refractivity contribution in [1.29, 1.82) is 0 Å². The maximum atomic E-state index is 13.3. The van der Waals surface area contributed by atoms with E-state index in [4.69, 9.17) is 11.6 Å². The van der Waals surface area contributed by atoms with Gasteiger partial charge in [-0.15, -0.1) is 0 Å². The van der Waals surface area contributed by atoms with Crippen LogP contribution in [0.4, 0.5) is 8.78 Å². The van der Waals surface area contributed by atoms with Crippen LogP contribution < -0.4 is 0 Å². The summed E-state index contributed by atoms with van der Waals surface area (Å²) in [4.78, 5) is 15.1. The Hall–Kier alpha value is -2.20. The van der Waals surface area contributed by atoms with Crippen LogP contribution in [0.1, 0.15) is 10.4 Å². The molecule has 1 heterocycles. The van der Waals surface area contributed by atoms with Gasteiger partial charge in [-0.25, -0.2) is 0 Å². The van der Waals surface area contributed by atoms with Gasteiger partial charge in [-0.2, -0.15) is 8.78 Å². The number of hydrogen-bond acceptors (Lipinski definition) is 1. The lowest BCUT2D eigenvalue weighted by Crippen LogP contribution is -2.21. The minimum atomic E-state index is -3.94. The minimum absolute atomic E-state index is 0.0863. The van der Waals surface area contributed by atoms with Gasteiger partial charge in [0.15, 0.2) is 0 Å². The van der Waals surface area contributed by atoms with E-state index in [-0.39, 0.29) is 5.56 Å². The van der Waals surface area contributed by atoms with Crippen LogP contribution in [0, 0.1) is 0 Å². The average molecular weight is 306 g/mol. The maximum absolute atomic E-state index is 13.3. The van der Waals surface area contributed by atoms with E-state index in [0.29, 0.717) is 22.2 Å². The van der Waals surface area contributed by atoms with E-state index in [9.17, 15) is 13.6 Å². The number of Topliss-reactive ketones (excluding diaryl/α,β-unsaturated/α-hetero) is 1. The van der Waals surface area contributed by atoms with Crippen molar-refractivity contribution in [3.05, 3.63) is 60.2 Å². The lowest BCUT2D eigenvalue weighted by Gasteiger charge is -2.08. The van der Waals surface area contributed by atoms with Gasteiger partial charge < -0.3 is 4.98 Å². The van der Waals surface area contributed by atoms with Crippen LogP contribution in [-0.2, 0) is 0 Å². The molecule has 0 bridgehead atoms. The number of rotatable bonds is 3. The van der Waals surface area contributed by atoms with Crippen LogP contribution in [0.5, 0.6) is 0 Å². The fourth-order valence-electron chi connectivity index (χ4n) is 2.34. The summed E-state index contributed by atoms with van der Waals surface area (Å²) in [6.07, 6.45) is 0. The molecule has 0 saturated carbocycles. The molecule has 0 saturated heterocycles. The Morgan fingerprint density at radius 1 is 1.00 bits per heavy atom. The Kier molecular flexibility index (Phi) is 3.26. The van der Waals surface area contributed by atoms with Gasteiger partial charge >= 0.3 is 5.38 Å². The molecule has 0 aliphatic carbocycles. The van der Waals surface area contributed by atoms with Crippen molar-refractivity contribution in [3.8, 4) is 11.3 Å². The quantitative estimate of drug-likeness (QED) is 0.544. The lowest BCUT2D eigenvalue weighted by molar-refractivity contribution is 0.0539. The van der Waals surface area contributed by atoms with Gasteiger partial charge in [-0.05, 0) is 23.2 Å². The van der Waals surface area contributed by atoms with Crippen molar-refractivity contribution < 1.29 is 13.6 Å². The van der Waals surface area contributed by atoms with E-state index >= 15 is 0 Å². The molecule has 21 heavy (non-hydrogen) atoms. The third-order valence-electron chi connectivity index (χ3n) is 3.25. The Bertz CT molecular complexity index is 806. The van der Waals surface area contributed by atoms with E-state index < -0.39 is 11.2 Å². The van der Waals surface area contributed by atoms with Crippen molar-refractivity contribution >= 4 is 28.3 Å². The lowest BCUT2D eigenvalue weighted by atomic mass is 10.0. The largest absolute Gasteiger partial charge is 0.385 e. The van der Waals surface area contributed by atoms with Crippen LogP contribution >= 0.6 is 11.6 Å². The summed E-state index contributed by atoms with van der Waals surface area (Å²) in [6, 6.07) is 15.6. The molecule has 2 nitrogen and oxygen atoms in total. The van der Waals surface area contributed by atoms with E-state index in [2.05, 4.69) is 4.98 Å². The minimum Gasteiger partial charge on any atom is -0.354 e. The zero-order valence-electron chi connectivity index (χ0n) is 10.7. The van der Waals surface area contributed by atoms with Gasteiger partial charge in [0, 0.05) is 10.9 Å². The molecule has 3 rings (SSSR count). The first-order valence-corrected chi connectivity index (χ1v) is 6.64. The highest BCUT2D eigenvalue weighted by Gasteiger charge is 2.39. The molecule has 0 aliphatic rings. The number of nitrogens with one attached hydrogen (secondary N) is 1. The summed E-state index contributed by atoms with van der Waals surface area (Å²) in [5.41, 5.74) is 1.53. The zero-order valence-corrected chi connectivity index (χ0v) is 11.5. The summed E-state index contributed by atoms with van der Waals surface area (Å²) < 4.78 is 26.6. The molecule has 0 unspecified atom stereocenters. The smallest absolute Gasteiger partial charge is 0.354 e. The van der Waals surface area contributed by atoms with Crippen molar-refractivity contribution in [2.75, 3.05) is 0 Å². The van der Waals surface area contributed by atoms with E-state index in [1.54, 1.807) is 48.5 Å². The first-order valence-electron chi connectivity index (χ1n) is 6.26. The Labute approximate surface area is 124 Å². The summed E-state index contributed by atoms with van der Waals surface area (Å²) in [7, 11) is 0. The summed E-state index contributed by atoms with van der Waals surface area (Å²) in [6.45, 7) is 0. The van der Waals surface area contributed by atoms with Gasteiger partial charge in [0.2, 0.25) is 0 Å². The second kappa shape index (κ2) is 4.97. The third kappa shape index (κ3) is 2.43. The number of ketones is 1. The second-order valence-corrected chi connectivity index (χ2v) is 5.09. The molecular weight excluding hydrogens is 296 g/mol. The Balaban J connectivity index is 2.32. The highest BCUT2D eigenvalue weighted by Crippen LogP contribution is 2.35. The van der Waals surface area contributed by atoms with Crippen LogP contribution in [0.15, 0.2) is 54.6 Å². The monoisotopic (exact) mass is 305 g/mol. The first-order chi connectivity index (χ1) is 9.98. The molecule has 1 N–H and O–H groups in total. The van der Waals surface area contributed by atoms with Gasteiger partial charge in [-0.1, -0.05) is 48.5 Å². The van der Waals surface area contributed by atoms with E-state index in [1.807, 2.05) is 6.07 Å². The number of para-hydroxylation sites is 1. The van der Waals surface area contributed by atoms with Gasteiger partial charge in [-0.3, -0.25) is 4.79 Å². The second-order valence-electron chi connectivity index (χ2n) is 4.61. The number of aromatic nitrogens is 1. The maximum Gasteiger partial charge on any atom is 0.385 e. The number of carbonyl (C=O) groups is 1. The summed E-state index contributed by atoms with van der Waals surface area (Å²) in [5, 5.41) is -3.50. The van der Waals surface area contributed by atoms with Gasteiger partial charge in [0.25, 0.3) is 5.78 Å². The molecule has 5 heteroatoms. The van der Waals surface area contributed by atoms with Crippen LogP contribution in [0.3, 0.4) is 0 Å². The SMILES string of the molecule is O=C(c1c(-c2ccccc2)[nH]c2ccccc12)C(F)(F)Cl. The normalized spacial score (nSPS) is 11.8. The molecule has 0 amide bonds. The van der Waals surface area contributed by atoms with Crippen molar-refractivity contribution in [2.45, 2.75) is 5.38 Å². The number of hydrogen-bond donors (Lipinski definition) is 1. The van der Waals surface area contributed by atoms with Gasteiger partial charge in [0.1, 0.15) is 0 Å². The molecule has 106 valence electrons. The molecular formula is C16H10ClF2NO. The molecule has 1 aromatic heterocycles. The average Bonchev–Trinajstić information content (AvgIpc) is 2.85. The predicted octanol–water partition coefficient (Wildman–Crippen LogP) is 4.85. The van der Waals surface area contributed by atoms with Crippen molar-refractivity contribution in [1.82, 2.24) is 4.98 Å².